The van der Waals surface area contributed by atoms with E-state index in [1.54, 1.807) is 24.5 Å². The van der Waals surface area contributed by atoms with Crippen LogP contribution in [0.15, 0.2) is 67.5 Å². The standard InChI is InChI=1S/C29H32N6O2/c1-3-16-37-23-8-12-30-26(19-23)25-9-13-31-29(34-25)32-22-5-6-24-21(17-22)18-27(33-24)28(36)7-4-20-10-14-35(2)15-11-20/h3,5-6,8-9,12-13,17-20,33H,1,4,7,10-11,14-16H2,2H3,(H,31,32,34). The molecule has 0 saturated carbocycles. The van der Waals surface area contributed by atoms with E-state index in [2.05, 4.69) is 43.8 Å². The SMILES string of the molecule is C=CCOc1ccnc(-c2ccnc(Nc3ccc4[nH]c(C(=O)CCC5CCN(C)CC5)cc4c3)n2)c1. The molecule has 0 aliphatic carbocycles. The fourth-order valence-electron chi connectivity index (χ4n) is 4.67. The fraction of sp³-hybridized carbons (Fsp3) is 0.310. The zero-order valence-electron chi connectivity index (χ0n) is 21.1. The van der Waals surface area contributed by atoms with E-state index < -0.39 is 0 Å². The van der Waals surface area contributed by atoms with Crippen LogP contribution in [0.1, 0.15) is 36.2 Å². The number of fused-ring (bicyclic) bond motifs is 1. The van der Waals surface area contributed by atoms with Gasteiger partial charge < -0.3 is 19.9 Å². The predicted molar refractivity (Wildman–Crippen MR) is 146 cm³/mol. The van der Waals surface area contributed by atoms with Crippen LogP contribution in [-0.4, -0.2) is 57.4 Å². The van der Waals surface area contributed by atoms with Crippen LogP contribution >= 0.6 is 0 Å². The number of aromatic nitrogens is 4. The van der Waals surface area contributed by atoms with Crippen LogP contribution in [0.3, 0.4) is 0 Å². The van der Waals surface area contributed by atoms with Crippen molar-refractivity contribution in [2.24, 2.45) is 5.92 Å². The molecule has 5 rings (SSSR count). The second kappa shape index (κ2) is 11.3. The molecule has 37 heavy (non-hydrogen) atoms. The van der Waals surface area contributed by atoms with E-state index in [0.29, 0.717) is 47.7 Å². The van der Waals surface area contributed by atoms with E-state index in [0.717, 1.165) is 36.1 Å². The highest BCUT2D eigenvalue weighted by Gasteiger charge is 2.19. The number of anilines is 2. The number of ketones is 1. The van der Waals surface area contributed by atoms with E-state index in [-0.39, 0.29) is 5.78 Å². The Bertz CT molecular complexity index is 1390. The average Bonchev–Trinajstić information content (AvgIpc) is 3.35. The maximum atomic E-state index is 12.9. The normalized spacial score (nSPS) is 14.5. The van der Waals surface area contributed by atoms with Gasteiger partial charge in [-0.3, -0.25) is 9.78 Å². The van der Waals surface area contributed by atoms with Gasteiger partial charge in [0.2, 0.25) is 5.95 Å². The molecule has 4 aromatic rings. The zero-order chi connectivity index (χ0) is 25.6. The van der Waals surface area contributed by atoms with Gasteiger partial charge in [-0.1, -0.05) is 12.7 Å². The molecular weight excluding hydrogens is 464 g/mol. The largest absolute Gasteiger partial charge is 0.489 e. The molecular formula is C29H32N6O2. The Balaban J connectivity index is 1.25. The number of hydrogen-bond donors (Lipinski definition) is 2. The summed E-state index contributed by atoms with van der Waals surface area (Å²) >= 11 is 0. The Kier molecular flexibility index (Phi) is 7.56. The van der Waals surface area contributed by atoms with Crippen LogP contribution in [0.2, 0.25) is 0 Å². The number of nitrogens with one attached hydrogen (secondary N) is 2. The van der Waals surface area contributed by atoms with Gasteiger partial charge in [-0.25, -0.2) is 9.97 Å². The van der Waals surface area contributed by atoms with Crippen LogP contribution in [0.25, 0.3) is 22.3 Å². The van der Waals surface area contributed by atoms with Crippen LogP contribution < -0.4 is 10.1 Å². The molecule has 0 atom stereocenters. The van der Waals surface area contributed by atoms with Gasteiger partial charge in [-0.15, -0.1) is 0 Å². The second-order valence-electron chi connectivity index (χ2n) is 9.56. The molecule has 1 aromatic carbocycles. The Hall–Kier alpha value is -4.04. The van der Waals surface area contributed by atoms with Crippen LogP contribution in [-0.2, 0) is 0 Å². The number of nitrogens with zero attached hydrogens (tertiary/aromatic N) is 4. The molecule has 3 aromatic heterocycles. The minimum atomic E-state index is 0.174. The number of carbonyl (C=O) groups is 1. The van der Waals surface area contributed by atoms with E-state index in [1.807, 2.05) is 36.4 Å². The highest BCUT2D eigenvalue weighted by Crippen LogP contribution is 2.26. The van der Waals surface area contributed by atoms with Crippen LogP contribution in [0, 0.1) is 5.92 Å². The van der Waals surface area contributed by atoms with Crippen molar-refractivity contribution < 1.29 is 9.53 Å². The number of piperidine rings is 1. The van der Waals surface area contributed by atoms with Crippen molar-refractivity contribution in [2.75, 3.05) is 32.1 Å². The number of ether oxygens (including phenoxy) is 1. The lowest BCUT2D eigenvalue weighted by atomic mass is 9.91. The quantitative estimate of drug-likeness (QED) is 0.217. The van der Waals surface area contributed by atoms with E-state index >= 15 is 0 Å². The Morgan fingerprint density at radius 1 is 1.14 bits per heavy atom. The number of aromatic amines is 1. The number of Topliss-reactive ketones (excluding diaryl/α,β-unsaturated/α-hetero) is 1. The lowest BCUT2D eigenvalue weighted by Gasteiger charge is -2.28. The van der Waals surface area contributed by atoms with Gasteiger partial charge in [0.1, 0.15) is 12.4 Å². The van der Waals surface area contributed by atoms with Crippen molar-refractivity contribution in [1.82, 2.24) is 24.8 Å². The molecule has 1 saturated heterocycles. The first-order chi connectivity index (χ1) is 18.1. The average molecular weight is 497 g/mol. The molecule has 0 amide bonds. The molecule has 1 aliphatic rings. The molecule has 0 unspecified atom stereocenters. The summed E-state index contributed by atoms with van der Waals surface area (Å²) in [6, 6.07) is 13.3. The summed E-state index contributed by atoms with van der Waals surface area (Å²) < 4.78 is 5.61. The van der Waals surface area contributed by atoms with Crippen molar-refractivity contribution in [3.8, 4) is 17.1 Å². The summed E-state index contributed by atoms with van der Waals surface area (Å²) in [4.78, 5) is 31.9. The Morgan fingerprint density at radius 2 is 1.97 bits per heavy atom. The molecule has 190 valence electrons. The smallest absolute Gasteiger partial charge is 0.227 e. The monoisotopic (exact) mass is 496 g/mol. The van der Waals surface area contributed by atoms with Gasteiger partial charge >= 0.3 is 0 Å². The molecule has 8 heteroatoms. The fourth-order valence-corrected chi connectivity index (χ4v) is 4.67. The van der Waals surface area contributed by atoms with Gasteiger partial charge in [0, 0.05) is 41.5 Å². The van der Waals surface area contributed by atoms with Crippen molar-refractivity contribution in [3.05, 3.63) is 73.2 Å². The molecule has 1 fully saturated rings. The number of likely N-dealkylation sites (tertiary alicyclic amines) is 1. The van der Waals surface area contributed by atoms with Crippen LogP contribution in [0.4, 0.5) is 11.6 Å². The first kappa shape index (κ1) is 24.6. The Labute approximate surface area is 216 Å². The summed E-state index contributed by atoms with van der Waals surface area (Å²) in [7, 11) is 2.16. The predicted octanol–water partition coefficient (Wildman–Crippen LogP) is 5.63. The highest BCUT2D eigenvalue weighted by molar-refractivity contribution is 6.00. The molecule has 1 aliphatic heterocycles. The topological polar surface area (TPSA) is 96.0 Å². The summed E-state index contributed by atoms with van der Waals surface area (Å²) in [5.74, 6) is 1.98. The molecule has 0 spiro atoms. The molecule has 8 nitrogen and oxygen atoms in total. The molecule has 4 heterocycles. The highest BCUT2D eigenvalue weighted by atomic mass is 16.5. The minimum Gasteiger partial charge on any atom is -0.489 e. The molecule has 0 radical (unpaired) electrons. The van der Waals surface area contributed by atoms with Crippen molar-refractivity contribution in [2.45, 2.75) is 25.7 Å². The summed E-state index contributed by atoms with van der Waals surface area (Å²) in [6.07, 6.45) is 8.98. The molecule has 0 bridgehead atoms. The van der Waals surface area contributed by atoms with E-state index in [4.69, 9.17) is 4.74 Å². The van der Waals surface area contributed by atoms with E-state index in [9.17, 15) is 4.79 Å². The number of hydrogen-bond acceptors (Lipinski definition) is 7. The minimum absolute atomic E-state index is 0.174. The number of rotatable bonds is 10. The third-order valence-corrected chi connectivity index (χ3v) is 6.81. The maximum absolute atomic E-state index is 12.9. The lowest BCUT2D eigenvalue weighted by Crippen LogP contribution is -2.30. The van der Waals surface area contributed by atoms with Crippen molar-refractivity contribution >= 4 is 28.3 Å². The number of benzene rings is 1. The number of pyridine rings is 1. The second-order valence-corrected chi connectivity index (χ2v) is 9.56. The van der Waals surface area contributed by atoms with Gasteiger partial charge in [-0.2, -0.15) is 0 Å². The van der Waals surface area contributed by atoms with Gasteiger partial charge in [0.05, 0.1) is 17.1 Å². The first-order valence-corrected chi connectivity index (χ1v) is 12.7. The lowest BCUT2D eigenvalue weighted by molar-refractivity contribution is 0.0961. The number of carbonyl (C=O) groups excluding carboxylic acids is 1. The first-order valence-electron chi connectivity index (χ1n) is 12.7. The summed E-state index contributed by atoms with van der Waals surface area (Å²) in [5.41, 5.74) is 3.81. The maximum Gasteiger partial charge on any atom is 0.227 e. The van der Waals surface area contributed by atoms with Crippen molar-refractivity contribution in [1.29, 1.82) is 0 Å². The Morgan fingerprint density at radius 3 is 2.81 bits per heavy atom. The van der Waals surface area contributed by atoms with Crippen molar-refractivity contribution in [3.63, 3.8) is 0 Å². The van der Waals surface area contributed by atoms with Gasteiger partial charge in [-0.05, 0) is 81.7 Å². The van der Waals surface area contributed by atoms with E-state index in [1.165, 1.54) is 12.8 Å². The van der Waals surface area contributed by atoms with Gasteiger partial charge in [0.25, 0.3) is 0 Å². The third kappa shape index (κ3) is 6.21. The van der Waals surface area contributed by atoms with Gasteiger partial charge in [0.15, 0.2) is 5.78 Å². The zero-order valence-corrected chi connectivity index (χ0v) is 21.1. The number of H-pyrrole nitrogens is 1. The van der Waals surface area contributed by atoms with Crippen LogP contribution in [0.5, 0.6) is 5.75 Å². The summed E-state index contributed by atoms with van der Waals surface area (Å²) in [5, 5.41) is 4.24. The summed E-state index contributed by atoms with van der Waals surface area (Å²) in [6.45, 7) is 6.35. The molecule has 2 N–H and O–H groups in total. The third-order valence-electron chi connectivity index (χ3n) is 6.81.